The van der Waals surface area contributed by atoms with E-state index in [0.717, 1.165) is 5.56 Å². The largest absolute Gasteiger partial charge is 0.503 e. The molecule has 0 aliphatic rings. The fourth-order valence-corrected chi connectivity index (χ4v) is 3.37. The van der Waals surface area contributed by atoms with Crippen molar-refractivity contribution in [2.75, 3.05) is 19.1 Å². The van der Waals surface area contributed by atoms with Gasteiger partial charge in [-0.3, -0.25) is 5.43 Å². The second kappa shape index (κ2) is 8.82. The molecule has 0 amide bonds. The minimum atomic E-state index is -0.407. The highest BCUT2D eigenvalue weighted by molar-refractivity contribution is 9.10. The van der Waals surface area contributed by atoms with E-state index >= 15 is 0 Å². The van der Waals surface area contributed by atoms with E-state index in [1.807, 2.05) is 13.8 Å². The molecular weight excluding hydrogens is 410 g/mol. The zero-order valence-corrected chi connectivity index (χ0v) is 16.4. The molecule has 1 aromatic heterocycles. The fraction of sp³-hybridized carbons (Fsp3) is 0.312. The van der Waals surface area contributed by atoms with Crippen LogP contribution in [0.4, 0.5) is 5.13 Å². The molecule has 0 saturated carbocycles. The first-order valence-corrected chi connectivity index (χ1v) is 9.13. The summed E-state index contributed by atoms with van der Waals surface area (Å²) in [6.45, 7) is 4.19. The first kappa shape index (κ1) is 19.2. The monoisotopic (exact) mass is 427 g/mol. The number of phenols is 1. The molecule has 0 aliphatic heterocycles. The van der Waals surface area contributed by atoms with Crippen molar-refractivity contribution >= 4 is 44.6 Å². The number of rotatable bonds is 7. The number of anilines is 1. The van der Waals surface area contributed by atoms with Crippen molar-refractivity contribution in [1.82, 2.24) is 4.98 Å². The van der Waals surface area contributed by atoms with Crippen LogP contribution >= 0.6 is 27.3 Å². The number of carbonyl (C=O) groups excluding carboxylic acids is 1. The molecule has 0 spiro atoms. The van der Waals surface area contributed by atoms with Gasteiger partial charge in [0.25, 0.3) is 0 Å². The molecule has 0 saturated heterocycles. The number of halogens is 1. The first-order chi connectivity index (χ1) is 12.0. The van der Waals surface area contributed by atoms with Gasteiger partial charge in [0.2, 0.25) is 5.13 Å². The Bertz CT molecular complexity index is 792. The number of nitrogens with one attached hydrogen (secondary N) is 1. The molecule has 1 heterocycles. The second-order valence-electron chi connectivity index (χ2n) is 4.79. The van der Waals surface area contributed by atoms with Crippen LogP contribution in [-0.4, -0.2) is 36.0 Å². The summed E-state index contributed by atoms with van der Waals surface area (Å²) in [6, 6.07) is 3.39. The van der Waals surface area contributed by atoms with Crippen LogP contribution in [0.2, 0.25) is 0 Å². The SMILES string of the molecule is CCOc1cc(/C=N\Nc2nc(CC)c(C(=O)OC)s2)cc(Br)c1O. The predicted octanol–water partition coefficient (Wildman–Crippen LogP) is 3.80. The van der Waals surface area contributed by atoms with E-state index in [1.165, 1.54) is 18.4 Å². The van der Waals surface area contributed by atoms with E-state index in [-0.39, 0.29) is 5.75 Å². The summed E-state index contributed by atoms with van der Waals surface area (Å²) in [5.74, 6) is 0.00575. The number of hydrazone groups is 1. The standard InChI is InChI=1S/C16H18BrN3O4S/c1-4-11-14(15(22)23-3)25-16(19-11)20-18-8-9-6-10(17)13(21)12(7-9)24-5-2/h6-8,21H,4-5H2,1-3H3,(H,19,20)/b18-8-. The van der Waals surface area contributed by atoms with Crippen LogP contribution < -0.4 is 10.2 Å². The lowest BCUT2D eigenvalue weighted by Crippen LogP contribution is -2.01. The summed E-state index contributed by atoms with van der Waals surface area (Å²) >= 11 is 4.46. The van der Waals surface area contributed by atoms with Gasteiger partial charge in [-0.1, -0.05) is 18.3 Å². The Hall–Kier alpha value is -2.13. The number of hydrogen-bond donors (Lipinski definition) is 2. The Morgan fingerprint density at radius 1 is 1.48 bits per heavy atom. The maximum absolute atomic E-state index is 11.7. The molecule has 0 fully saturated rings. The van der Waals surface area contributed by atoms with Crippen molar-refractivity contribution < 1.29 is 19.4 Å². The van der Waals surface area contributed by atoms with Gasteiger partial charge in [-0.05, 0) is 47.0 Å². The molecule has 1 aromatic carbocycles. The summed E-state index contributed by atoms with van der Waals surface area (Å²) in [4.78, 5) is 16.5. The number of hydrogen-bond acceptors (Lipinski definition) is 8. The van der Waals surface area contributed by atoms with Crippen LogP contribution in [-0.2, 0) is 11.2 Å². The van der Waals surface area contributed by atoms with Crippen LogP contribution in [0.5, 0.6) is 11.5 Å². The Kier molecular flexibility index (Phi) is 6.77. The van der Waals surface area contributed by atoms with E-state index in [1.54, 1.807) is 18.3 Å². The average molecular weight is 428 g/mol. The predicted molar refractivity (Wildman–Crippen MR) is 101 cm³/mol. The Labute approximate surface area is 157 Å². The molecular formula is C16H18BrN3O4S. The lowest BCUT2D eigenvalue weighted by atomic mass is 10.2. The number of carbonyl (C=O) groups is 1. The summed E-state index contributed by atoms with van der Waals surface area (Å²) in [6.07, 6.45) is 2.19. The van der Waals surface area contributed by atoms with Crippen molar-refractivity contribution in [1.29, 1.82) is 0 Å². The number of esters is 1. The van der Waals surface area contributed by atoms with Gasteiger partial charge < -0.3 is 14.6 Å². The normalized spacial score (nSPS) is 10.9. The first-order valence-electron chi connectivity index (χ1n) is 7.52. The van der Waals surface area contributed by atoms with E-state index in [9.17, 15) is 9.90 Å². The van der Waals surface area contributed by atoms with Crippen LogP contribution in [0.1, 0.15) is 34.8 Å². The molecule has 2 N–H and O–H groups in total. The van der Waals surface area contributed by atoms with E-state index in [0.29, 0.717) is 39.0 Å². The van der Waals surface area contributed by atoms with Gasteiger partial charge in [-0.15, -0.1) is 0 Å². The van der Waals surface area contributed by atoms with E-state index < -0.39 is 5.97 Å². The second-order valence-corrected chi connectivity index (χ2v) is 6.65. The highest BCUT2D eigenvalue weighted by atomic mass is 79.9. The minimum Gasteiger partial charge on any atom is -0.503 e. The van der Waals surface area contributed by atoms with Crippen LogP contribution in [0.15, 0.2) is 21.7 Å². The van der Waals surface area contributed by atoms with Gasteiger partial charge in [0, 0.05) is 0 Å². The molecule has 0 radical (unpaired) electrons. The molecule has 0 aliphatic carbocycles. The van der Waals surface area contributed by atoms with Gasteiger partial charge in [-0.2, -0.15) is 5.10 Å². The third-order valence-electron chi connectivity index (χ3n) is 3.13. The number of aromatic nitrogens is 1. The van der Waals surface area contributed by atoms with Crippen LogP contribution in [0.3, 0.4) is 0 Å². The van der Waals surface area contributed by atoms with Gasteiger partial charge in [0.1, 0.15) is 4.88 Å². The molecule has 134 valence electrons. The summed E-state index contributed by atoms with van der Waals surface area (Å²) < 4.78 is 10.6. The number of ether oxygens (including phenoxy) is 2. The molecule has 25 heavy (non-hydrogen) atoms. The number of benzene rings is 1. The topological polar surface area (TPSA) is 93.0 Å². The molecule has 0 bridgehead atoms. The van der Waals surface area contributed by atoms with Gasteiger partial charge in [-0.25, -0.2) is 9.78 Å². The minimum absolute atomic E-state index is 0.0437. The van der Waals surface area contributed by atoms with Gasteiger partial charge >= 0.3 is 5.97 Å². The number of nitrogens with zero attached hydrogens (tertiary/aromatic N) is 2. The smallest absolute Gasteiger partial charge is 0.350 e. The maximum atomic E-state index is 11.7. The maximum Gasteiger partial charge on any atom is 0.350 e. The van der Waals surface area contributed by atoms with E-state index in [4.69, 9.17) is 9.47 Å². The van der Waals surface area contributed by atoms with Crippen molar-refractivity contribution in [3.8, 4) is 11.5 Å². The van der Waals surface area contributed by atoms with Gasteiger partial charge in [0.05, 0.1) is 30.1 Å². The van der Waals surface area contributed by atoms with Crippen molar-refractivity contribution in [3.05, 3.63) is 32.7 Å². The Morgan fingerprint density at radius 2 is 2.24 bits per heavy atom. The van der Waals surface area contributed by atoms with Crippen molar-refractivity contribution in [2.45, 2.75) is 20.3 Å². The number of phenolic OH excluding ortho intramolecular Hbond substituents is 1. The molecule has 2 rings (SSSR count). The quantitative estimate of drug-likeness (QED) is 0.396. The average Bonchev–Trinajstić information content (AvgIpc) is 3.02. The summed E-state index contributed by atoms with van der Waals surface area (Å²) in [5.41, 5.74) is 4.19. The Balaban J connectivity index is 2.16. The Morgan fingerprint density at radius 3 is 2.88 bits per heavy atom. The molecule has 2 aromatic rings. The summed E-state index contributed by atoms with van der Waals surface area (Å²) in [7, 11) is 1.34. The fourth-order valence-electron chi connectivity index (χ4n) is 1.99. The highest BCUT2D eigenvalue weighted by Gasteiger charge is 2.17. The van der Waals surface area contributed by atoms with E-state index in [2.05, 4.69) is 31.4 Å². The van der Waals surface area contributed by atoms with Crippen molar-refractivity contribution in [3.63, 3.8) is 0 Å². The number of methoxy groups -OCH3 is 1. The number of thiazole rings is 1. The van der Waals surface area contributed by atoms with Crippen molar-refractivity contribution in [2.24, 2.45) is 5.10 Å². The zero-order valence-electron chi connectivity index (χ0n) is 14.0. The number of aryl methyl sites for hydroxylation is 1. The zero-order chi connectivity index (χ0) is 18.4. The number of aromatic hydroxyl groups is 1. The summed E-state index contributed by atoms with van der Waals surface area (Å²) in [5, 5.41) is 14.5. The third kappa shape index (κ3) is 4.70. The lowest BCUT2D eigenvalue weighted by Gasteiger charge is -2.08. The van der Waals surface area contributed by atoms with Crippen LogP contribution in [0, 0.1) is 0 Å². The molecule has 0 atom stereocenters. The molecule has 0 unspecified atom stereocenters. The third-order valence-corrected chi connectivity index (χ3v) is 4.71. The van der Waals surface area contributed by atoms with Crippen LogP contribution in [0.25, 0.3) is 0 Å². The molecule has 7 nitrogen and oxygen atoms in total. The highest BCUT2D eigenvalue weighted by Crippen LogP contribution is 2.35. The lowest BCUT2D eigenvalue weighted by molar-refractivity contribution is 0.0605. The van der Waals surface area contributed by atoms with Gasteiger partial charge in [0.15, 0.2) is 11.5 Å². The molecule has 9 heteroatoms.